The van der Waals surface area contributed by atoms with Crippen LogP contribution in [0.25, 0.3) is 0 Å². The van der Waals surface area contributed by atoms with E-state index in [2.05, 4.69) is 21.4 Å². The minimum atomic E-state index is 0.228. The van der Waals surface area contributed by atoms with Crippen molar-refractivity contribution in [1.82, 2.24) is 15.3 Å². The number of halogens is 1. The maximum absolute atomic E-state index is 6.14. The van der Waals surface area contributed by atoms with E-state index in [1.165, 1.54) is 5.56 Å². The fourth-order valence-electron chi connectivity index (χ4n) is 1.96. The highest BCUT2D eigenvalue weighted by atomic mass is 35.5. The zero-order chi connectivity index (χ0) is 13.0. The Morgan fingerprint density at radius 3 is 2.83 bits per heavy atom. The number of likely N-dealkylation sites (N-methyl/N-ethyl adjacent to an activating group) is 1. The van der Waals surface area contributed by atoms with Crippen molar-refractivity contribution >= 4 is 11.6 Å². The summed E-state index contributed by atoms with van der Waals surface area (Å²) in [5, 5.41) is 4.03. The molecule has 0 aliphatic carbocycles. The quantitative estimate of drug-likeness (QED) is 0.920. The van der Waals surface area contributed by atoms with E-state index < -0.39 is 0 Å². The normalized spacial score (nSPS) is 12.4. The third-order valence-electron chi connectivity index (χ3n) is 2.95. The Kier molecular flexibility index (Phi) is 4.28. The number of rotatable bonds is 4. The summed E-state index contributed by atoms with van der Waals surface area (Å²) in [5.74, 6) is 0. The Balaban J connectivity index is 2.23. The predicted molar refractivity (Wildman–Crippen MR) is 73.7 cm³/mol. The lowest BCUT2D eigenvalue weighted by molar-refractivity contribution is 0.590. The third-order valence-corrected chi connectivity index (χ3v) is 3.29. The van der Waals surface area contributed by atoms with Gasteiger partial charge < -0.3 is 5.32 Å². The van der Waals surface area contributed by atoms with Crippen molar-refractivity contribution in [3.8, 4) is 0 Å². The molecule has 0 fully saturated rings. The zero-order valence-corrected chi connectivity index (χ0v) is 11.3. The standard InChI is InChI=1S/C14H16ClN3/c1-10-7-12(4-6-18-10)14(16-2)8-11-3-5-17-9-13(11)15/h3-7,9,14,16H,8H2,1-2H3. The number of aromatic nitrogens is 2. The molecule has 2 aromatic heterocycles. The maximum Gasteiger partial charge on any atom is 0.0622 e. The molecule has 0 amide bonds. The Morgan fingerprint density at radius 1 is 1.33 bits per heavy atom. The van der Waals surface area contributed by atoms with Crippen LogP contribution in [-0.2, 0) is 6.42 Å². The molecule has 0 saturated heterocycles. The van der Waals surface area contributed by atoms with E-state index in [0.29, 0.717) is 5.02 Å². The fourth-order valence-corrected chi connectivity index (χ4v) is 2.16. The predicted octanol–water partition coefficient (Wildman–Crippen LogP) is 2.94. The number of nitrogens with one attached hydrogen (secondary N) is 1. The van der Waals surface area contributed by atoms with Crippen molar-refractivity contribution in [2.24, 2.45) is 0 Å². The van der Waals surface area contributed by atoms with E-state index in [-0.39, 0.29) is 6.04 Å². The summed E-state index contributed by atoms with van der Waals surface area (Å²) < 4.78 is 0. The molecule has 2 aromatic rings. The maximum atomic E-state index is 6.14. The molecule has 0 bridgehead atoms. The van der Waals surface area contributed by atoms with Gasteiger partial charge in [0.05, 0.1) is 5.02 Å². The second-order valence-corrected chi connectivity index (χ2v) is 4.65. The average molecular weight is 262 g/mol. The summed E-state index contributed by atoms with van der Waals surface area (Å²) in [6.45, 7) is 2.00. The highest BCUT2D eigenvalue weighted by Crippen LogP contribution is 2.22. The first-order valence-corrected chi connectivity index (χ1v) is 6.26. The van der Waals surface area contributed by atoms with Crippen molar-refractivity contribution in [2.75, 3.05) is 7.05 Å². The summed E-state index contributed by atoms with van der Waals surface area (Å²) in [6.07, 6.45) is 6.12. The molecule has 94 valence electrons. The van der Waals surface area contributed by atoms with Crippen molar-refractivity contribution < 1.29 is 0 Å². The van der Waals surface area contributed by atoms with Gasteiger partial charge in [0.2, 0.25) is 0 Å². The van der Waals surface area contributed by atoms with Gasteiger partial charge in [0, 0.05) is 30.3 Å². The van der Waals surface area contributed by atoms with E-state index in [9.17, 15) is 0 Å². The number of pyridine rings is 2. The molecule has 1 N–H and O–H groups in total. The van der Waals surface area contributed by atoms with E-state index in [1.807, 2.05) is 32.3 Å². The van der Waals surface area contributed by atoms with Crippen molar-refractivity contribution in [3.05, 3.63) is 58.6 Å². The summed E-state index contributed by atoms with van der Waals surface area (Å²) in [7, 11) is 1.95. The minimum absolute atomic E-state index is 0.228. The Morgan fingerprint density at radius 2 is 2.17 bits per heavy atom. The molecule has 2 heterocycles. The topological polar surface area (TPSA) is 37.8 Å². The van der Waals surface area contributed by atoms with Crippen LogP contribution in [0, 0.1) is 6.92 Å². The fraction of sp³-hybridized carbons (Fsp3) is 0.286. The van der Waals surface area contributed by atoms with Gasteiger partial charge in [-0.25, -0.2) is 0 Å². The van der Waals surface area contributed by atoms with E-state index in [4.69, 9.17) is 11.6 Å². The van der Waals surface area contributed by atoms with Crippen LogP contribution < -0.4 is 5.32 Å². The van der Waals surface area contributed by atoms with Crippen molar-refractivity contribution in [2.45, 2.75) is 19.4 Å². The van der Waals surface area contributed by atoms with Gasteiger partial charge in [-0.15, -0.1) is 0 Å². The molecule has 0 radical (unpaired) electrons. The van der Waals surface area contributed by atoms with Gasteiger partial charge in [0.25, 0.3) is 0 Å². The third kappa shape index (κ3) is 3.06. The summed E-state index contributed by atoms with van der Waals surface area (Å²) >= 11 is 6.14. The number of hydrogen-bond acceptors (Lipinski definition) is 3. The monoisotopic (exact) mass is 261 g/mol. The highest BCUT2D eigenvalue weighted by molar-refractivity contribution is 6.31. The molecule has 1 unspecified atom stereocenters. The lowest BCUT2D eigenvalue weighted by atomic mass is 10.00. The minimum Gasteiger partial charge on any atom is -0.313 e. The van der Waals surface area contributed by atoms with Crippen LogP contribution in [-0.4, -0.2) is 17.0 Å². The molecular weight excluding hydrogens is 246 g/mol. The molecule has 1 atom stereocenters. The number of nitrogens with zero attached hydrogens (tertiary/aromatic N) is 2. The smallest absolute Gasteiger partial charge is 0.0622 e. The summed E-state index contributed by atoms with van der Waals surface area (Å²) in [6, 6.07) is 6.31. The lowest BCUT2D eigenvalue weighted by Crippen LogP contribution is -2.19. The van der Waals surface area contributed by atoms with E-state index in [1.54, 1.807) is 12.4 Å². The van der Waals surface area contributed by atoms with Gasteiger partial charge >= 0.3 is 0 Å². The molecular formula is C14H16ClN3. The van der Waals surface area contributed by atoms with E-state index >= 15 is 0 Å². The second kappa shape index (κ2) is 5.94. The second-order valence-electron chi connectivity index (χ2n) is 4.24. The van der Waals surface area contributed by atoms with Crippen LogP contribution in [0.3, 0.4) is 0 Å². The number of aryl methyl sites for hydroxylation is 1. The zero-order valence-electron chi connectivity index (χ0n) is 10.5. The molecule has 0 aliphatic heterocycles. The van der Waals surface area contributed by atoms with Crippen LogP contribution in [0.1, 0.15) is 22.9 Å². The van der Waals surface area contributed by atoms with Crippen LogP contribution in [0.2, 0.25) is 5.02 Å². The largest absolute Gasteiger partial charge is 0.313 e. The van der Waals surface area contributed by atoms with Gasteiger partial charge in [0.15, 0.2) is 0 Å². The molecule has 3 nitrogen and oxygen atoms in total. The molecule has 0 saturated carbocycles. The van der Waals surface area contributed by atoms with Gasteiger partial charge in [0.1, 0.15) is 0 Å². The van der Waals surface area contributed by atoms with Gasteiger partial charge in [-0.3, -0.25) is 9.97 Å². The van der Waals surface area contributed by atoms with Crippen molar-refractivity contribution in [3.63, 3.8) is 0 Å². The first-order valence-electron chi connectivity index (χ1n) is 5.89. The average Bonchev–Trinajstić information content (AvgIpc) is 2.38. The van der Waals surface area contributed by atoms with Crippen LogP contribution >= 0.6 is 11.6 Å². The van der Waals surface area contributed by atoms with Crippen LogP contribution in [0.5, 0.6) is 0 Å². The Bertz CT molecular complexity index is 528. The first-order chi connectivity index (χ1) is 8.70. The Hall–Kier alpha value is -1.45. The van der Waals surface area contributed by atoms with Crippen LogP contribution in [0.4, 0.5) is 0 Å². The molecule has 0 aromatic carbocycles. The lowest BCUT2D eigenvalue weighted by Gasteiger charge is -2.17. The van der Waals surface area contributed by atoms with Crippen molar-refractivity contribution in [1.29, 1.82) is 0 Å². The Labute approximate surface area is 112 Å². The van der Waals surface area contributed by atoms with Crippen LogP contribution in [0.15, 0.2) is 36.8 Å². The molecule has 0 spiro atoms. The van der Waals surface area contributed by atoms with Gasteiger partial charge in [-0.2, -0.15) is 0 Å². The van der Waals surface area contributed by atoms with E-state index in [0.717, 1.165) is 17.7 Å². The molecule has 2 rings (SSSR count). The van der Waals surface area contributed by atoms with Gasteiger partial charge in [-0.05, 0) is 49.7 Å². The van der Waals surface area contributed by atoms with Gasteiger partial charge in [-0.1, -0.05) is 11.6 Å². The SMILES string of the molecule is CNC(Cc1ccncc1Cl)c1ccnc(C)c1. The molecule has 18 heavy (non-hydrogen) atoms. The highest BCUT2D eigenvalue weighted by Gasteiger charge is 2.12. The molecule has 4 heteroatoms. The summed E-state index contributed by atoms with van der Waals surface area (Å²) in [5.41, 5.74) is 3.34. The summed E-state index contributed by atoms with van der Waals surface area (Å²) in [4.78, 5) is 8.22. The molecule has 0 aliphatic rings. The first kappa shape index (κ1) is 13.0. The number of hydrogen-bond donors (Lipinski definition) is 1.